The molecule has 0 aliphatic heterocycles. The summed E-state index contributed by atoms with van der Waals surface area (Å²) >= 11 is 6.56. The monoisotopic (exact) mass is 524 g/mol. The van der Waals surface area contributed by atoms with E-state index in [2.05, 4.69) is 15.0 Å². The molecular weight excluding hydrogens is 498 g/mol. The lowest BCUT2D eigenvalue weighted by molar-refractivity contribution is 0.189. The molecule has 1 saturated carbocycles. The van der Waals surface area contributed by atoms with Gasteiger partial charge < -0.3 is 5.11 Å². The van der Waals surface area contributed by atoms with Gasteiger partial charge in [-0.1, -0.05) is 30.7 Å². The molecule has 1 N–H and O–H groups in total. The molecule has 1 fully saturated rings. The number of aryl methyl sites for hydroxylation is 1. The summed E-state index contributed by atoms with van der Waals surface area (Å²) in [6.45, 7) is 7.19. The molecular formula is C28H27ClF2N4O2. The van der Waals surface area contributed by atoms with Gasteiger partial charge in [0.25, 0.3) is 5.56 Å². The van der Waals surface area contributed by atoms with E-state index < -0.39 is 23.3 Å². The summed E-state index contributed by atoms with van der Waals surface area (Å²) in [7, 11) is 0. The van der Waals surface area contributed by atoms with Gasteiger partial charge >= 0.3 is 0 Å². The number of nitrogens with zero attached hydrogens (tertiary/aromatic N) is 4. The largest absolute Gasteiger partial charge is 0.385 e. The van der Waals surface area contributed by atoms with Gasteiger partial charge in [-0.3, -0.25) is 14.4 Å². The Kier molecular flexibility index (Phi) is 7.80. The number of aliphatic hydroxyl groups is 1. The minimum Gasteiger partial charge on any atom is -0.385 e. The second-order valence-electron chi connectivity index (χ2n) is 9.10. The molecule has 3 aromatic rings. The maximum absolute atomic E-state index is 13.8. The van der Waals surface area contributed by atoms with Crippen LogP contribution in [0.3, 0.4) is 0 Å². The van der Waals surface area contributed by atoms with Gasteiger partial charge in [-0.05, 0) is 80.0 Å². The number of halogens is 3. The van der Waals surface area contributed by atoms with Crippen LogP contribution >= 0.6 is 11.6 Å². The van der Waals surface area contributed by atoms with Gasteiger partial charge in [0.05, 0.1) is 11.4 Å². The SMILES string of the molecule is C/C=C/N=C(/C=C/n1c(C)cc(C2C(C)C2c2ccc(F)c(F)c2)c(Cl)c1=O)c1ccnc(C(C)O)n1. The molecule has 2 heterocycles. The third-order valence-corrected chi connectivity index (χ3v) is 6.91. The van der Waals surface area contributed by atoms with Crippen LogP contribution in [0.25, 0.3) is 6.20 Å². The molecule has 0 spiro atoms. The summed E-state index contributed by atoms with van der Waals surface area (Å²) in [5, 5.41) is 9.92. The first-order chi connectivity index (χ1) is 17.6. The maximum Gasteiger partial charge on any atom is 0.273 e. The summed E-state index contributed by atoms with van der Waals surface area (Å²) in [4.78, 5) is 26.1. The highest BCUT2D eigenvalue weighted by Crippen LogP contribution is 2.61. The van der Waals surface area contributed by atoms with Crippen LogP contribution in [0.4, 0.5) is 8.78 Å². The van der Waals surface area contributed by atoms with E-state index in [1.807, 2.05) is 19.9 Å². The fraction of sp³-hybridized carbons (Fsp3) is 0.286. The van der Waals surface area contributed by atoms with Crippen molar-refractivity contribution in [2.75, 3.05) is 0 Å². The standard InChI is InChI=1S/C28H27ClF2N4O2/c1-5-10-32-22(23-8-11-33-27(34-23)17(4)36)9-12-35-15(2)13-19(26(29)28(35)37)25-16(3)24(25)18-6-7-20(30)21(31)14-18/h5-14,16-17,24-25,36H,1-4H3/b10-5+,12-9+,32-22-. The number of rotatable bonds is 7. The van der Waals surface area contributed by atoms with Crippen molar-refractivity contribution in [2.45, 2.75) is 45.6 Å². The average molecular weight is 525 g/mol. The average Bonchev–Trinajstić information content (AvgIpc) is 3.54. The molecule has 6 nitrogen and oxygen atoms in total. The Bertz CT molecular complexity index is 1480. The first-order valence-corrected chi connectivity index (χ1v) is 12.3. The van der Waals surface area contributed by atoms with E-state index in [9.17, 15) is 18.7 Å². The molecule has 192 valence electrons. The first kappa shape index (κ1) is 26.6. The van der Waals surface area contributed by atoms with Crippen molar-refractivity contribution in [2.24, 2.45) is 10.9 Å². The number of aliphatic hydroxyl groups excluding tert-OH is 1. The normalized spacial score (nSPS) is 20.6. The summed E-state index contributed by atoms with van der Waals surface area (Å²) in [5.74, 6) is -1.54. The zero-order valence-electron chi connectivity index (χ0n) is 20.9. The second-order valence-corrected chi connectivity index (χ2v) is 9.48. The Morgan fingerprint density at radius 2 is 1.97 bits per heavy atom. The molecule has 0 amide bonds. The second kappa shape index (κ2) is 10.9. The maximum atomic E-state index is 13.8. The molecule has 4 atom stereocenters. The molecule has 0 bridgehead atoms. The summed E-state index contributed by atoms with van der Waals surface area (Å²) < 4.78 is 28.6. The molecule has 4 rings (SSSR count). The Balaban J connectivity index is 1.67. The number of aromatic nitrogens is 3. The minimum absolute atomic E-state index is 0.0572. The van der Waals surface area contributed by atoms with Crippen molar-refractivity contribution in [1.29, 1.82) is 0 Å². The lowest BCUT2D eigenvalue weighted by atomic mass is 10.0. The fourth-order valence-corrected chi connectivity index (χ4v) is 4.83. The van der Waals surface area contributed by atoms with Gasteiger partial charge in [0.15, 0.2) is 17.5 Å². The molecule has 2 aromatic heterocycles. The topological polar surface area (TPSA) is 80.4 Å². The Hall–Kier alpha value is -3.49. The van der Waals surface area contributed by atoms with Crippen molar-refractivity contribution in [3.63, 3.8) is 0 Å². The third kappa shape index (κ3) is 5.45. The fourth-order valence-electron chi connectivity index (χ4n) is 4.56. The van der Waals surface area contributed by atoms with Crippen LogP contribution in [-0.2, 0) is 0 Å². The van der Waals surface area contributed by atoms with Crippen LogP contribution in [0.2, 0.25) is 5.02 Å². The smallest absolute Gasteiger partial charge is 0.273 e. The molecule has 1 aromatic carbocycles. The number of hydrogen-bond acceptors (Lipinski definition) is 5. The minimum atomic E-state index is -0.891. The number of hydrogen-bond donors (Lipinski definition) is 1. The summed E-state index contributed by atoms with van der Waals surface area (Å²) in [6.07, 6.45) is 7.26. The van der Waals surface area contributed by atoms with E-state index >= 15 is 0 Å². The zero-order chi connectivity index (χ0) is 26.9. The van der Waals surface area contributed by atoms with Crippen molar-refractivity contribution in [3.05, 3.63) is 110 Å². The lowest BCUT2D eigenvalue weighted by Gasteiger charge is -2.11. The third-order valence-electron chi connectivity index (χ3n) is 6.53. The number of aliphatic imine (C=N–C) groups is 1. The van der Waals surface area contributed by atoms with Crippen molar-refractivity contribution >= 4 is 23.5 Å². The van der Waals surface area contributed by atoms with Crippen molar-refractivity contribution in [1.82, 2.24) is 14.5 Å². The van der Waals surface area contributed by atoms with Crippen molar-refractivity contribution in [3.8, 4) is 0 Å². The van der Waals surface area contributed by atoms with Crippen LogP contribution in [0.5, 0.6) is 0 Å². The van der Waals surface area contributed by atoms with Gasteiger partial charge in [-0.2, -0.15) is 0 Å². The number of allylic oxidation sites excluding steroid dienone is 2. The van der Waals surface area contributed by atoms with Crippen LogP contribution < -0.4 is 5.56 Å². The van der Waals surface area contributed by atoms with Gasteiger partial charge in [0, 0.05) is 24.3 Å². The molecule has 1 aliphatic carbocycles. The predicted octanol–water partition coefficient (Wildman–Crippen LogP) is 5.94. The van der Waals surface area contributed by atoms with E-state index in [0.717, 1.165) is 6.07 Å². The highest BCUT2D eigenvalue weighted by Gasteiger charge is 2.49. The molecule has 4 unspecified atom stereocenters. The number of benzene rings is 1. The Morgan fingerprint density at radius 3 is 2.65 bits per heavy atom. The zero-order valence-corrected chi connectivity index (χ0v) is 21.6. The van der Waals surface area contributed by atoms with Gasteiger partial charge in [0.2, 0.25) is 0 Å². The van der Waals surface area contributed by atoms with Gasteiger partial charge in [0.1, 0.15) is 11.1 Å². The van der Waals surface area contributed by atoms with Crippen LogP contribution in [0, 0.1) is 24.5 Å². The summed E-state index contributed by atoms with van der Waals surface area (Å²) in [5.41, 5.74) is 2.57. The molecule has 9 heteroatoms. The molecule has 0 radical (unpaired) electrons. The van der Waals surface area contributed by atoms with E-state index in [1.54, 1.807) is 50.5 Å². The van der Waals surface area contributed by atoms with Gasteiger partial charge in [-0.25, -0.2) is 18.7 Å². The van der Waals surface area contributed by atoms with Crippen LogP contribution in [0.1, 0.15) is 67.1 Å². The first-order valence-electron chi connectivity index (χ1n) is 11.9. The summed E-state index contributed by atoms with van der Waals surface area (Å²) in [6, 6.07) is 7.43. The lowest BCUT2D eigenvalue weighted by Crippen LogP contribution is -2.20. The Labute approximate surface area is 218 Å². The number of pyridine rings is 1. The van der Waals surface area contributed by atoms with Crippen LogP contribution in [0.15, 0.2) is 64.7 Å². The Morgan fingerprint density at radius 1 is 1.22 bits per heavy atom. The van der Waals surface area contributed by atoms with Crippen molar-refractivity contribution < 1.29 is 13.9 Å². The predicted molar refractivity (Wildman–Crippen MR) is 141 cm³/mol. The van der Waals surface area contributed by atoms with E-state index in [0.29, 0.717) is 28.2 Å². The molecule has 0 saturated heterocycles. The van der Waals surface area contributed by atoms with E-state index in [-0.39, 0.29) is 28.6 Å². The van der Waals surface area contributed by atoms with Crippen LogP contribution in [-0.4, -0.2) is 25.4 Å². The van der Waals surface area contributed by atoms with E-state index in [4.69, 9.17) is 11.6 Å². The van der Waals surface area contributed by atoms with Gasteiger partial charge in [-0.15, -0.1) is 0 Å². The highest BCUT2D eigenvalue weighted by atomic mass is 35.5. The highest BCUT2D eigenvalue weighted by molar-refractivity contribution is 6.31. The molecule has 1 aliphatic rings. The quantitative estimate of drug-likeness (QED) is 0.388. The molecule has 37 heavy (non-hydrogen) atoms. The van der Waals surface area contributed by atoms with E-state index in [1.165, 1.54) is 16.8 Å².